The Labute approximate surface area is 462 Å². The second-order valence-electron chi connectivity index (χ2n) is 23.2. The first-order valence-electron chi connectivity index (χ1n) is 33.6. The van der Waals surface area contributed by atoms with Crippen LogP contribution in [0.4, 0.5) is 0 Å². The third-order valence-corrected chi connectivity index (χ3v) is 15.7. The number of ether oxygens (including phenoxy) is 1. The van der Waals surface area contributed by atoms with Gasteiger partial charge in [-0.15, -0.1) is 0 Å². The first-order chi connectivity index (χ1) is 36.5. The van der Waals surface area contributed by atoms with Crippen LogP contribution < -0.4 is 5.32 Å². The molecule has 2 unspecified atom stereocenters. The molecule has 0 heterocycles. The van der Waals surface area contributed by atoms with Crippen molar-refractivity contribution in [3.63, 3.8) is 0 Å². The molecule has 0 aromatic heterocycles. The number of carbonyl (C=O) groups is 2. The highest BCUT2D eigenvalue weighted by Crippen LogP contribution is 2.18. The highest BCUT2D eigenvalue weighted by Gasteiger charge is 2.18. The van der Waals surface area contributed by atoms with Crippen molar-refractivity contribution >= 4 is 11.9 Å². The molecule has 0 fully saturated rings. The Balaban J connectivity index is 3.44. The van der Waals surface area contributed by atoms with E-state index >= 15 is 0 Å². The highest BCUT2D eigenvalue weighted by atomic mass is 16.5. The fourth-order valence-corrected chi connectivity index (χ4v) is 10.6. The topological polar surface area (TPSA) is 95.9 Å². The molecule has 0 aliphatic heterocycles. The summed E-state index contributed by atoms with van der Waals surface area (Å²) in [6.45, 7) is 4.93. The van der Waals surface area contributed by atoms with Crippen molar-refractivity contribution in [2.24, 2.45) is 0 Å². The monoisotopic (exact) mass is 1040 g/mol. The van der Waals surface area contributed by atoms with E-state index in [0.29, 0.717) is 19.4 Å². The van der Waals surface area contributed by atoms with Crippen molar-refractivity contribution in [3.8, 4) is 0 Å². The van der Waals surface area contributed by atoms with E-state index in [1.54, 1.807) is 6.08 Å². The van der Waals surface area contributed by atoms with Crippen molar-refractivity contribution in [3.05, 3.63) is 24.3 Å². The molecule has 0 saturated carbocycles. The lowest BCUT2D eigenvalue weighted by Gasteiger charge is -2.20. The molecule has 0 aliphatic rings. The molecular weight excluding hydrogens is 911 g/mol. The van der Waals surface area contributed by atoms with Gasteiger partial charge in [0.15, 0.2) is 0 Å². The molecule has 74 heavy (non-hydrogen) atoms. The molecule has 0 rings (SSSR count). The van der Waals surface area contributed by atoms with Crippen molar-refractivity contribution in [2.45, 2.75) is 386 Å². The second kappa shape index (κ2) is 63.9. The summed E-state index contributed by atoms with van der Waals surface area (Å²) in [5.41, 5.74) is 0. The summed E-state index contributed by atoms with van der Waals surface area (Å²) in [7, 11) is 0. The standard InChI is InChI=1S/C68H131NO5/c1-3-5-7-9-11-13-15-17-19-21-23-25-28-32-36-40-44-48-52-56-60-66(71)65(64-70)69-67(72)61-57-53-49-45-41-37-33-29-26-27-31-35-39-43-47-51-55-59-63-74-68(73)62-58-54-50-46-42-38-34-30-24-22-20-18-16-14-12-10-8-6-4-2/h29,33,56,60,65-66,70-71H,3-28,30-32,34-55,57-59,61-64H2,1-2H3,(H,69,72)/b33-29-,60-56+. The number of esters is 1. The van der Waals surface area contributed by atoms with Crippen LogP contribution >= 0.6 is 0 Å². The third kappa shape index (κ3) is 59.6. The van der Waals surface area contributed by atoms with Gasteiger partial charge in [-0.3, -0.25) is 9.59 Å². The predicted molar refractivity (Wildman–Crippen MR) is 324 cm³/mol. The number of aliphatic hydroxyl groups excluding tert-OH is 2. The van der Waals surface area contributed by atoms with Crippen LogP contribution in [0.1, 0.15) is 373 Å². The number of unbranched alkanes of at least 4 members (excludes halogenated alkanes) is 50. The minimum atomic E-state index is -0.854. The summed E-state index contributed by atoms with van der Waals surface area (Å²) in [5, 5.41) is 23.2. The zero-order chi connectivity index (χ0) is 53.6. The van der Waals surface area contributed by atoms with E-state index in [1.807, 2.05) is 6.08 Å². The van der Waals surface area contributed by atoms with Crippen LogP contribution in [0.2, 0.25) is 0 Å². The van der Waals surface area contributed by atoms with Crippen LogP contribution in [0, 0.1) is 0 Å². The van der Waals surface area contributed by atoms with Gasteiger partial charge in [-0.25, -0.2) is 0 Å². The predicted octanol–water partition coefficient (Wildman–Crippen LogP) is 21.4. The van der Waals surface area contributed by atoms with Crippen LogP contribution in [0.25, 0.3) is 0 Å². The maximum absolute atomic E-state index is 12.5. The Morgan fingerprint density at radius 1 is 0.365 bits per heavy atom. The van der Waals surface area contributed by atoms with Crippen LogP contribution in [-0.4, -0.2) is 47.4 Å². The molecule has 0 radical (unpaired) electrons. The zero-order valence-corrected chi connectivity index (χ0v) is 50.1. The van der Waals surface area contributed by atoms with Gasteiger partial charge in [0, 0.05) is 12.8 Å². The normalized spacial score (nSPS) is 12.6. The number of hydrogen-bond acceptors (Lipinski definition) is 5. The SMILES string of the molecule is CCCCCCCCCCCCCCCCCCCC/C=C/C(O)C(CO)NC(=O)CCCCCCC/C=C\CCCCCCCCCCCOC(=O)CCCCCCCCCCCCCCCCCCCCC. The number of carbonyl (C=O) groups excluding carboxylic acids is 2. The van der Waals surface area contributed by atoms with Gasteiger partial charge in [0.25, 0.3) is 0 Å². The summed E-state index contributed by atoms with van der Waals surface area (Å²) >= 11 is 0. The number of rotatable bonds is 63. The maximum Gasteiger partial charge on any atom is 0.305 e. The van der Waals surface area contributed by atoms with Gasteiger partial charge >= 0.3 is 5.97 Å². The van der Waals surface area contributed by atoms with Gasteiger partial charge < -0.3 is 20.3 Å². The summed E-state index contributed by atoms with van der Waals surface area (Å²) in [6.07, 6.45) is 79.5. The first kappa shape index (κ1) is 72.3. The Hall–Kier alpha value is -1.66. The van der Waals surface area contributed by atoms with Crippen LogP contribution in [0.5, 0.6) is 0 Å². The van der Waals surface area contributed by atoms with Crippen molar-refractivity contribution in [1.82, 2.24) is 5.32 Å². The van der Waals surface area contributed by atoms with E-state index in [2.05, 4.69) is 31.3 Å². The Kier molecular flexibility index (Phi) is 62.4. The molecule has 0 aliphatic carbocycles. The van der Waals surface area contributed by atoms with Gasteiger partial charge in [0.05, 0.1) is 25.4 Å². The molecule has 6 nitrogen and oxygen atoms in total. The van der Waals surface area contributed by atoms with Gasteiger partial charge in [-0.1, -0.05) is 327 Å². The molecular formula is C68H131NO5. The molecule has 0 spiro atoms. The first-order valence-corrected chi connectivity index (χ1v) is 33.6. The number of hydrogen-bond donors (Lipinski definition) is 3. The van der Waals surface area contributed by atoms with Crippen molar-refractivity contribution in [2.75, 3.05) is 13.2 Å². The number of nitrogens with one attached hydrogen (secondary N) is 1. The highest BCUT2D eigenvalue weighted by molar-refractivity contribution is 5.76. The smallest absolute Gasteiger partial charge is 0.305 e. The van der Waals surface area contributed by atoms with Gasteiger partial charge in [-0.2, -0.15) is 0 Å². The van der Waals surface area contributed by atoms with Gasteiger partial charge in [0.2, 0.25) is 5.91 Å². The van der Waals surface area contributed by atoms with Crippen molar-refractivity contribution < 1.29 is 24.5 Å². The lowest BCUT2D eigenvalue weighted by Crippen LogP contribution is -2.45. The van der Waals surface area contributed by atoms with Crippen LogP contribution in [0.15, 0.2) is 24.3 Å². The molecule has 0 saturated heterocycles. The number of allylic oxidation sites excluding steroid dienone is 3. The largest absolute Gasteiger partial charge is 0.466 e. The minimum Gasteiger partial charge on any atom is -0.466 e. The van der Waals surface area contributed by atoms with E-state index in [9.17, 15) is 19.8 Å². The molecule has 2 atom stereocenters. The number of aliphatic hydroxyl groups is 2. The van der Waals surface area contributed by atoms with E-state index in [0.717, 1.165) is 57.8 Å². The molecule has 1 amide bonds. The molecule has 438 valence electrons. The quantitative estimate of drug-likeness (QED) is 0.0320. The van der Waals surface area contributed by atoms with Gasteiger partial charge in [0.1, 0.15) is 0 Å². The Bertz CT molecular complexity index is 1150. The Morgan fingerprint density at radius 3 is 0.959 bits per heavy atom. The van der Waals surface area contributed by atoms with E-state index in [-0.39, 0.29) is 18.5 Å². The average molecular weight is 1040 g/mol. The van der Waals surface area contributed by atoms with Gasteiger partial charge in [-0.05, 0) is 57.8 Å². The molecule has 6 heteroatoms. The van der Waals surface area contributed by atoms with E-state index in [4.69, 9.17) is 4.74 Å². The maximum atomic E-state index is 12.5. The van der Waals surface area contributed by atoms with Crippen LogP contribution in [-0.2, 0) is 14.3 Å². The molecule has 0 bridgehead atoms. The summed E-state index contributed by atoms with van der Waals surface area (Å²) < 4.78 is 5.50. The second-order valence-corrected chi connectivity index (χ2v) is 23.2. The summed E-state index contributed by atoms with van der Waals surface area (Å²) in [6, 6.07) is -0.639. The fraction of sp³-hybridized carbons (Fsp3) is 0.912. The fourth-order valence-electron chi connectivity index (χ4n) is 10.6. The Morgan fingerprint density at radius 2 is 0.635 bits per heavy atom. The zero-order valence-electron chi connectivity index (χ0n) is 50.1. The van der Waals surface area contributed by atoms with E-state index < -0.39 is 12.1 Å². The van der Waals surface area contributed by atoms with Crippen LogP contribution in [0.3, 0.4) is 0 Å². The summed E-state index contributed by atoms with van der Waals surface area (Å²) in [5.74, 6) is -0.0711. The third-order valence-electron chi connectivity index (χ3n) is 15.7. The lowest BCUT2D eigenvalue weighted by molar-refractivity contribution is -0.143. The minimum absolute atomic E-state index is 0.00768. The molecule has 3 N–H and O–H groups in total. The molecule has 0 aromatic carbocycles. The summed E-state index contributed by atoms with van der Waals surface area (Å²) in [4.78, 5) is 24.6. The average Bonchev–Trinajstić information content (AvgIpc) is 3.40. The molecule has 0 aromatic rings. The number of amides is 1. The van der Waals surface area contributed by atoms with E-state index in [1.165, 1.54) is 289 Å². The lowest BCUT2D eigenvalue weighted by atomic mass is 10.0. The van der Waals surface area contributed by atoms with Crippen molar-refractivity contribution in [1.29, 1.82) is 0 Å².